The molecule has 1 aromatic carbocycles. The monoisotopic (exact) mass is 254 g/mol. The Hall–Kier alpha value is -1.67. The van der Waals surface area contributed by atoms with Gasteiger partial charge in [0.1, 0.15) is 0 Å². The zero-order chi connectivity index (χ0) is 13.5. The van der Waals surface area contributed by atoms with E-state index in [9.17, 15) is 8.78 Å². The van der Waals surface area contributed by atoms with E-state index in [4.69, 9.17) is 10.00 Å². The molecule has 0 amide bonds. The molecule has 0 aliphatic heterocycles. The van der Waals surface area contributed by atoms with E-state index >= 15 is 0 Å². The van der Waals surface area contributed by atoms with E-state index in [2.05, 4.69) is 11.4 Å². The Morgan fingerprint density at radius 3 is 2.72 bits per heavy atom. The van der Waals surface area contributed by atoms with Gasteiger partial charge in [-0.2, -0.15) is 9.65 Å². The van der Waals surface area contributed by atoms with Crippen LogP contribution in [-0.4, -0.2) is 18.7 Å². The van der Waals surface area contributed by atoms with E-state index < -0.39 is 11.6 Å². The molecule has 3 nitrogen and oxygen atoms in total. The topological polar surface area (TPSA) is 45.0 Å². The Balaban J connectivity index is 2.46. The van der Waals surface area contributed by atoms with Gasteiger partial charge < -0.3 is 4.74 Å². The summed E-state index contributed by atoms with van der Waals surface area (Å²) < 4.78 is 31.2. The van der Waals surface area contributed by atoms with E-state index in [1.165, 1.54) is 12.1 Å². The molecule has 0 saturated heterocycles. The molecule has 98 valence electrons. The third kappa shape index (κ3) is 4.30. The van der Waals surface area contributed by atoms with Crippen molar-refractivity contribution in [1.82, 2.24) is 5.32 Å². The van der Waals surface area contributed by atoms with Crippen LogP contribution < -0.4 is 10.1 Å². The molecule has 0 spiro atoms. The minimum Gasteiger partial charge on any atom is -0.490 e. The van der Waals surface area contributed by atoms with Gasteiger partial charge in [0.2, 0.25) is 5.82 Å². The first-order valence-electron chi connectivity index (χ1n) is 5.77. The zero-order valence-electron chi connectivity index (χ0n) is 10.4. The largest absolute Gasteiger partial charge is 0.490 e. The second kappa shape index (κ2) is 6.92. The van der Waals surface area contributed by atoms with Gasteiger partial charge in [0, 0.05) is 12.5 Å². The van der Waals surface area contributed by atoms with Crippen molar-refractivity contribution < 1.29 is 13.5 Å². The van der Waals surface area contributed by atoms with Gasteiger partial charge in [-0.15, -0.1) is 0 Å². The second-order valence-corrected chi connectivity index (χ2v) is 4.19. The minimum atomic E-state index is -0.997. The van der Waals surface area contributed by atoms with Crippen molar-refractivity contribution in [3.8, 4) is 11.8 Å². The van der Waals surface area contributed by atoms with Gasteiger partial charge in [-0.05, 0) is 26.0 Å². The van der Waals surface area contributed by atoms with Crippen molar-refractivity contribution in [2.24, 2.45) is 0 Å². The van der Waals surface area contributed by atoms with Gasteiger partial charge in [-0.3, -0.25) is 5.32 Å². The first kappa shape index (κ1) is 14.4. The zero-order valence-corrected chi connectivity index (χ0v) is 10.4. The molecule has 5 heteroatoms. The highest BCUT2D eigenvalue weighted by molar-refractivity contribution is 5.24. The number of rotatable bonds is 6. The normalized spacial score (nSPS) is 12.2. The lowest BCUT2D eigenvalue weighted by Gasteiger charge is -2.15. The average molecular weight is 254 g/mol. The van der Waals surface area contributed by atoms with Gasteiger partial charge in [-0.25, -0.2) is 4.39 Å². The molecule has 1 unspecified atom stereocenters. The van der Waals surface area contributed by atoms with Crippen LogP contribution in [0.1, 0.15) is 20.3 Å². The summed E-state index contributed by atoms with van der Waals surface area (Å²) in [5, 5.41) is 11.9. The molecule has 18 heavy (non-hydrogen) atoms. The average Bonchev–Trinajstić information content (AvgIpc) is 2.32. The van der Waals surface area contributed by atoms with Crippen molar-refractivity contribution >= 4 is 0 Å². The summed E-state index contributed by atoms with van der Waals surface area (Å²) in [6.45, 7) is 4.01. The first-order chi connectivity index (χ1) is 8.54. The number of nitrogens with zero attached hydrogens (tertiary/aromatic N) is 1. The summed E-state index contributed by atoms with van der Waals surface area (Å²) in [5.41, 5.74) is 0. The maximum Gasteiger partial charge on any atom is 0.200 e. The fourth-order valence-electron chi connectivity index (χ4n) is 1.47. The van der Waals surface area contributed by atoms with E-state index in [0.29, 0.717) is 6.42 Å². The molecule has 1 rings (SSSR count). The number of ether oxygens (including phenoxy) is 1. The van der Waals surface area contributed by atoms with Crippen molar-refractivity contribution in [2.45, 2.75) is 32.4 Å². The second-order valence-electron chi connectivity index (χ2n) is 4.19. The summed E-state index contributed by atoms with van der Waals surface area (Å²) in [4.78, 5) is 0. The molecule has 0 aliphatic rings. The quantitative estimate of drug-likeness (QED) is 0.848. The maximum absolute atomic E-state index is 13.2. The fraction of sp³-hybridized carbons (Fsp3) is 0.462. The Kier molecular flexibility index (Phi) is 5.53. The van der Waals surface area contributed by atoms with Crippen LogP contribution in [0.2, 0.25) is 0 Å². The maximum atomic E-state index is 13.2. The van der Waals surface area contributed by atoms with Crippen LogP contribution in [-0.2, 0) is 0 Å². The summed E-state index contributed by atoms with van der Waals surface area (Å²) in [5.74, 6) is -2.07. The van der Waals surface area contributed by atoms with Gasteiger partial charge in [0.25, 0.3) is 0 Å². The van der Waals surface area contributed by atoms with Crippen LogP contribution in [0, 0.1) is 23.0 Å². The third-order valence-electron chi connectivity index (χ3n) is 2.27. The molecule has 0 radical (unpaired) electrons. The predicted octanol–water partition coefficient (Wildman–Crippen LogP) is 2.62. The SMILES string of the molecule is CC(C)NC(C#N)CCOc1cccc(F)c1F. The van der Waals surface area contributed by atoms with E-state index in [0.717, 1.165) is 6.07 Å². The molecule has 0 heterocycles. The lowest BCUT2D eigenvalue weighted by molar-refractivity contribution is 0.277. The number of nitrogens with one attached hydrogen (secondary N) is 1. The third-order valence-corrected chi connectivity index (χ3v) is 2.27. The highest BCUT2D eigenvalue weighted by Gasteiger charge is 2.11. The van der Waals surface area contributed by atoms with Crippen molar-refractivity contribution in [3.05, 3.63) is 29.8 Å². The summed E-state index contributed by atoms with van der Waals surface area (Å²) in [6, 6.07) is 5.67. The van der Waals surface area contributed by atoms with Crippen molar-refractivity contribution in [1.29, 1.82) is 5.26 Å². The standard InChI is InChI=1S/C13H16F2N2O/c1-9(2)17-10(8-16)6-7-18-12-5-3-4-11(14)13(12)15/h3-5,9-10,17H,6-7H2,1-2H3. The Bertz CT molecular complexity index is 429. The first-order valence-corrected chi connectivity index (χ1v) is 5.77. The van der Waals surface area contributed by atoms with Crippen LogP contribution in [0.4, 0.5) is 8.78 Å². The number of halogens is 2. The Morgan fingerprint density at radius 1 is 1.39 bits per heavy atom. The highest BCUT2D eigenvalue weighted by atomic mass is 19.2. The van der Waals surface area contributed by atoms with Gasteiger partial charge >= 0.3 is 0 Å². The number of benzene rings is 1. The van der Waals surface area contributed by atoms with Gasteiger partial charge in [0.05, 0.1) is 18.7 Å². The van der Waals surface area contributed by atoms with Crippen LogP contribution in [0.3, 0.4) is 0 Å². The molecule has 0 saturated carbocycles. The van der Waals surface area contributed by atoms with Crippen molar-refractivity contribution in [2.75, 3.05) is 6.61 Å². The molecule has 1 aromatic rings. The molecule has 0 fully saturated rings. The number of hydrogen-bond acceptors (Lipinski definition) is 3. The van der Waals surface area contributed by atoms with Crippen LogP contribution in [0.25, 0.3) is 0 Å². The summed E-state index contributed by atoms with van der Waals surface area (Å²) >= 11 is 0. The Labute approximate surface area is 105 Å². The lowest BCUT2D eigenvalue weighted by atomic mass is 10.2. The van der Waals surface area contributed by atoms with E-state index in [1.807, 2.05) is 13.8 Å². The smallest absolute Gasteiger partial charge is 0.200 e. The van der Waals surface area contributed by atoms with Gasteiger partial charge in [-0.1, -0.05) is 6.07 Å². The van der Waals surface area contributed by atoms with Crippen LogP contribution >= 0.6 is 0 Å². The fourth-order valence-corrected chi connectivity index (χ4v) is 1.47. The van der Waals surface area contributed by atoms with E-state index in [-0.39, 0.29) is 24.4 Å². The highest BCUT2D eigenvalue weighted by Crippen LogP contribution is 2.19. The lowest BCUT2D eigenvalue weighted by Crippen LogP contribution is -2.34. The predicted molar refractivity (Wildman–Crippen MR) is 64.1 cm³/mol. The van der Waals surface area contributed by atoms with Crippen LogP contribution in [0.15, 0.2) is 18.2 Å². The molecule has 0 aromatic heterocycles. The molecular weight excluding hydrogens is 238 g/mol. The molecule has 0 bridgehead atoms. The number of hydrogen-bond donors (Lipinski definition) is 1. The van der Waals surface area contributed by atoms with Crippen LogP contribution in [0.5, 0.6) is 5.75 Å². The van der Waals surface area contributed by atoms with Crippen molar-refractivity contribution in [3.63, 3.8) is 0 Å². The minimum absolute atomic E-state index is 0.128. The Morgan fingerprint density at radius 2 is 2.11 bits per heavy atom. The number of nitriles is 1. The molecule has 1 atom stereocenters. The molecular formula is C13H16F2N2O. The summed E-state index contributed by atoms with van der Waals surface area (Å²) in [7, 11) is 0. The van der Waals surface area contributed by atoms with E-state index in [1.54, 1.807) is 0 Å². The molecule has 1 N–H and O–H groups in total. The summed E-state index contributed by atoms with van der Waals surface area (Å²) in [6.07, 6.45) is 0.407. The van der Waals surface area contributed by atoms with Gasteiger partial charge in [0.15, 0.2) is 11.6 Å². The molecule has 0 aliphatic carbocycles.